The number of rotatable bonds is 9. The molecule has 1 aliphatic rings. The summed E-state index contributed by atoms with van der Waals surface area (Å²) in [6, 6.07) is 13.2. The molecule has 0 bridgehead atoms. The van der Waals surface area contributed by atoms with Crippen molar-refractivity contribution in [3.63, 3.8) is 0 Å². The summed E-state index contributed by atoms with van der Waals surface area (Å²) in [6.07, 6.45) is 6.99. The van der Waals surface area contributed by atoms with Crippen LogP contribution in [0, 0.1) is 0 Å². The molecule has 1 saturated carbocycles. The lowest BCUT2D eigenvalue weighted by molar-refractivity contribution is 0.0977. The molecule has 3 rings (SSSR count). The highest BCUT2D eigenvalue weighted by atomic mass is 32.2. The fourth-order valence-corrected chi connectivity index (χ4v) is 5.14. The molecule has 0 aromatic heterocycles. The summed E-state index contributed by atoms with van der Waals surface area (Å²) < 4.78 is 33.7. The Bertz CT molecular complexity index is 1050. The molecule has 0 radical (unpaired) electrons. The first-order valence-electron chi connectivity index (χ1n) is 11.3. The maximum absolute atomic E-state index is 12.6. The second-order valence-corrected chi connectivity index (χ2v) is 10.2. The maximum atomic E-state index is 12.6. The van der Waals surface area contributed by atoms with Crippen molar-refractivity contribution in [1.82, 2.24) is 10.0 Å². The van der Waals surface area contributed by atoms with Gasteiger partial charge in [-0.05, 0) is 73.9 Å². The van der Waals surface area contributed by atoms with E-state index in [1.54, 1.807) is 30.3 Å². The van der Waals surface area contributed by atoms with E-state index in [1.165, 1.54) is 12.1 Å². The highest BCUT2D eigenvalue weighted by Gasteiger charge is 2.21. The Morgan fingerprint density at radius 1 is 1.09 bits per heavy atom. The van der Waals surface area contributed by atoms with Crippen molar-refractivity contribution >= 4 is 38.9 Å². The third-order valence-electron chi connectivity index (χ3n) is 5.44. The van der Waals surface area contributed by atoms with Gasteiger partial charge in [-0.25, -0.2) is 13.1 Å². The Kier molecular flexibility index (Phi) is 9.22. The molecule has 33 heavy (non-hydrogen) atoms. The monoisotopic (exact) mass is 489 g/mol. The maximum Gasteiger partial charge on any atom is 0.257 e. The first-order valence-corrected chi connectivity index (χ1v) is 13.2. The highest BCUT2D eigenvalue weighted by Crippen LogP contribution is 2.21. The molecule has 1 aliphatic carbocycles. The summed E-state index contributed by atoms with van der Waals surface area (Å²) in [5.41, 5.74) is 1.01. The Morgan fingerprint density at radius 2 is 1.82 bits per heavy atom. The average Bonchev–Trinajstić information content (AvgIpc) is 2.80. The van der Waals surface area contributed by atoms with Gasteiger partial charge in [-0.1, -0.05) is 38.7 Å². The van der Waals surface area contributed by atoms with Crippen molar-refractivity contribution in [2.24, 2.45) is 0 Å². The molecule has 9 heteroatoms. The zero-order valence-electron chi connectivity index (χ0n) is 18.8. The van der Waals surface area contributed by atoms with Crippen LogP contribution in [0.5, 0.6) is 5.75 Å². The lowest BCUT2D eigenvalue weighted by atomic mass is 9.96. The van der Waals surface area contributed by atoms with Crippen molar-refractivity contribution in [2.45, 2.75) is 62.8 Å². The van der Waals surface area contributed by atoms with Crippen molar-refractivity contribution in [2.75, 3.05) is 11.9 Å². The van der Waals surface area contributed by atoms with Gasteiger partial charge in [0.25, 0.3) is 5.91 Å². The molecule has 1 fully saturated rings. The molecule has 2 aromatic rings. The topological polar surface area (TPSA) is 96.5 Å². The first kappa shape index (κ1) is 25.1. The number of ether oxygens (including phenoxy) is 1. The molecule has 0 spiro atoms. The minimum atomic E-state index is -3.57. The minimum absolute atomic E-state index is 0.000103. The molecule has 2 aromatic carbocycles. The summed E-state index contributed by atoms with van der Waals surface area (Å²) in [5, 5.41) is 5.66. The van der Waals surface area contributed by atoms with E-state index in [-0.39, 0.29) is 22.0 Å². The number of thiocarbonyl (C=S) groups is 1. The number of nitrogens with one attached hydrogen (secondary N) is 3. The van der Waals surface area contributed by atoms with Crippen molar-refractivity contribution in [3.05, 3.63) is 54.1 Å². The Labute approximate surface area is 201 Å². The molecule has 0 aliphatic heterocycles. The van der Waals surface area contributed by atoms with Crippen LogP contribution in [0.3, 0.4) is 0 Å². The summed E-state index contributed by atoms with van der Waals surface area (Å²) in [6.45, 7) is 2.69. The molecular weight excluding hydrogens is 458 g/mol. The quantitative estimate of drug-likeness (QED) is 0.352. The largest absolute Gasteiger partial charge is 0.494 e. The Morgan fingerprint density at radius 3 is 2.52 bits per heavy atom. The molecule has 0 saturated heterocycles. The van der Waals surface area contributed by atoms with E-state index in [1.807, 2.05) is 6.07 Å². The molecule has 178 valence electrons. The fraction of sp³-hybridized carbons (Fsp3) is 0.417. The number of amides is 1. The molecule has 0 atom stereocenters. The van der Waals surface area contributed by atoms with Crippen LogP contribution >= 0.6 is 12.2 Å². The molecule has 1 amide bonds. The van der Waals surface area contributed by atoms with E-state index in [2.05, 4.69) is 22.3 Å². The van der Waals surface area contributed by atoms with E-state index in [0.29, 0.717) is 23.6 Å². The number of anilines is 1. The van der Waals surface area contributed by atoms with E-state index in [0.717, 1.165) is 44.9 Å². The first-order chi connectivity index (χ1) is 15.9. The van der Waals surface area contributed by atoms with Crippen molar-refractivity contribution < 1.29 is 17.9 Å². The van der Waals surface area contributed by atoms with E-state index < -0.39 is 10.0 Å². The normalized spacial score (nSPS) is 14.5. The van der Waals surface area contributed by atoms with Gasteiger partial charge in [0.2, 0.25) is 10.0 Å². The lowest BCUT2D eigenvalue weighted by Gasteiger charge is -2.22. The zero-order chi connectivity index (χ0) is 23.7. The predicted molar refractivity (Wildman–Crippen MR) is 134 cm³/mol. The van der Waals surface area contributed by atoms with Crippen LogP contribution in [-0.2, 0) is 10.0 Å². The third kappa shape index (κ3) is 7.80. The average molecular weight is 490 g/mol. The van der Waals surface area contributed by atoms with Crippen LogP contribution in [-0.4, -0.2) is 32.1 Å². The molecule has 3 N–H and O–H groups in total. The van der Waals surface area contributed by atoms with E-state index >= 15 is 0 Å². The SMILES string of the molecule is CCCCOc1cccc(C(=O)NC(=S)Nc2ccc(S(=O)(=O)NC3CCCCC3)cc2)c1. The summed E-state index contributed by atoms with van der Waals surface area (Å²) in [4.78, 5) is 12.7. The number of carbonyl (C=O) groups excluding carboxylic acids is 1. The second-order valence-electron chi connectivity index (χ2n) is 8.12. The number of hydrogen-bond donors (Lipinski definition) is 3. The molecule has 0 unspecified atom stereocenters. The van der Waals surface area contributed by atoms with Gasteiger partial charge in [0.05, 0.1) is 11.5 Å². The third-order valence-corrected chi connectivity index (χ3v) is 7.18. The summed E-state index contributed by atoms with van der Waals surface area (Å²) >= 11 is 5.24. The summed E-state index contributed by atoms with van der Waals surface area (Å²) in [7, 11) is -3.57. The standard InChI is InChI=1S/C24H31N3O4S2/c1-2-3-16-31-21-11-7-8-18(17-21)23(28)26-24(32)25-19-12-14-22(15-13-19)33(29,30)27-20-9-5-4-6-10-20/h7-8,11-15,17,20,27H,2-6,9-10,16H2,1H3,(H2,25,26,28,32). The van der Waals surface area contributed by atoms with Gasteiger partial charge in [0.1, 0.15) is 5.75 Å². The molecule has 0 heterocycles. The highest BCUT2D eigenvalue weighted by molar-refractivity contribution is 7.89. The van der Waals surface area contributed by atoms with Crippen LogP contribution in [0.2, 0.25) is 0 Å². The van der Waals surface area contributed by atoms with E-state index in [9.17, 15) is 13.2 Å². The van der Waals surface area contributed by atoms with Gasteiger partial charge in [0, 0.05) is 17.3 Å². The number of carbonyl (C=O) groups is 1. The van der Waals surface area contributed by atoms with Gasteiger partial charge >= 0.3 is 0 Å². The lowest BCUT2D eigenvalue weighted by Crippen LogP contribution is -2.36. The van der Waals surface area contributed by atoms with Crippen molar-refractivity contribution in [3.8, 4) is 5.75 Å². The van der Waals surface area contributed by atoms with Crippen LogP contribution < -0.4 is 20.1 Å². The van der Waals surface area contributed by atoms with Crippen LogP contribution in [0.1, 0.15) is 62.2 Å². The number of benzene rings is 2. The smallest absolute Gasteiger partial charge is 0.257 e. The van der Waals surface area contributed by atoms with Gasteiger partial charge in [0.15, 0.2) is 5.11 Å². The zero-order valence-corrected chi connectivity index (χ0v) is 20.4. The van der Waals surface area contributed by atoms with Gasteiger partial charge in [-0.15, -0.1) is 0 Å². The predicted octanol–water partition coefficient (Wildman–Crippen LogP) is 4.60. The number of unbranched alkanes of at least 4 members (excludes halogenated alkanes) is 1. The Hall–Kier alpha value is -2.49. The summed E-state index contributed by atoms with van der Waals surface area (Å²) in [5.74, 6) is 0.276. The van der Waals surface area contributed by atoms with Gasteiger partial charge in [-0.2, -0.15) is 0 Å². The number of sulfonamides is 1. The van der Waals surface area contributed by atoms with Crippen LogP contribution in [0.25, 0.3) is 0 Å². The number of hydrogen-bond acceptors (Lipinski definition) is 5. The van der Waals surface area contributed by atoms with Gasteiger partial charge in [-0.3, -0.25) is 10.1 Å². The minimum Gasteiger partial charge on any atom is -0.494 e. The van der Waals surface area contributed by atoms with Gasteiger partial charge < -0.3 is 10.1 Å². The Balaban J connectivity index is 1.54. The van der Waals surface area contributed by atoms with Crippen LogP contribution in [0.4, 0.5) is 5.69 Å². The van der Waals surface area contributed by atoms with Crippen LogP contribution in [0.15, 0.2) is 53.4 Å². The molecule has 7 nitrogen and oxygen atoms in total. The molecular formula is C24H31N3O4S2. The van der Waals surface area contributed by atoms with Crippen molar-refractivity contribution in [1.29, 1.82) is 0 Å². The van der Waals surface area contributed by atoms with E-state index in [4.69, 9.17) is 17.0 Å². The fourth-order valence-electron chi connectivity index (χ4n) is 3.62. The second kappa shape index (κ2) is 12.1.